The zero-order valence-electron chi connectivity index (χ0n) is 10.6. The molecule has 100 valence electrons. The summed E-state index contributed by atoms with van der Waals surface area (Å²) in [5.41, 5.74) is 6.44. The lowest BCUT2D eigenvalue weighted by molar-refractivity contribution is 0.146. The molecule has 0 fully saturated rings. The molecule has 2 N–H and O–H groups in total. The van der Waals surface area contributed by atoms with Crippen LogP contribution < -0.4 is 5.73 Å². The predicted octanol–water partition coefficient (Wildman–Crippen LogP) is 1.95. The van der Waals surface area contributed by atoms with E-state index in [-0.39, 0.29) is 5.82 Å². The lowest BCUT2D eigenvalue weighted by atomic mass is 10.2. The molecule has 0 aliphatic rings. The number of hydrogen-bond donors (Lipinski definition) is 1. The summed E-state index contributed by atoms with van der Waals surface area (Å²) >= 11 is 4.87. The molecule has 1 aromatic carbocycles. The zero-order valence-corrected chi connectivity index (χ0v) is 11.4. The SMILES string of the molecule is COCCN(CCC(N)=S)Cc1cccc(F)c1. The summed E-state index contributed by atoms with van der Waals surface area (Å²) in [6, 6.07) is 6.61. The van der Waals surface area contributed by atoms with Crippen molar-refractivity contribution in [3.63, 3.8) is 0 Å². The number of rotatable bonds is 8. The van der Waals surface area contributed by atoms with Crippen LogP contribution in [0.5, 0.6) is 0 Å². The van der Waals surface area contributed by atoms with Crippen LogP contribution in [-0.4, -0.2) is 36.7 Å². The molecular formula is C13H19FN2OS. The van der Waals surface area contributed by atoms with Crippen LogP contribution in [0.25, 0.3) is 0 Å². The minimum Gasteiger partial charge on any atom is -0.393 e. The van der Waals surface area contributed by atoms with E-state index >= 15 is 0 Å². The third-order valence-electron chi connectivity index (χ3n) is 2.58. The van der Waals surface area contributed by atoms with Crippen LogP contribution in [0, 0.1) is 5.82 Å². The van der Waals surface area contributed by atoms with Crippen LogP contribution in [0.15, 0.2) is 24.3 Å². The molecule has 1 aromatic rings. The van der Waals surface area contributed by atoms with Gasteiger partial charge in [-0.25, -0.2) is 4.39 Å². The fourth-order valence-corrected chi connectivity index (χ4v) is 1.74. The van der Waals surface area contributed by atoms with Gasteiger partial charge in [0, 0.05) is 33.2 Å². The standard InChI is InChI=1S/C13H19FN2OS/c1-17-8-7-16(6-5-13(15)18)10-11-3-2-4-12(14)9-11/h2-4,9H,5-8,10H2,1H3,(H2,15,18). The Bertz CT molecular complexity index is 387. The van der Waals surface area contributed by atoms with Gasteiger partial charge in [0.2, 0.25) is 0 Å². The number of benzene rings is 1. The number of ether oxygens (including phenoxy) is 1. The monoisotopic (exact) mass is 270 g/mol. The van der Waals surface area contributed by atoms with Gasteiger partial charge < -0.3 is 10.5 Å². The molecule has 1 rings (SSSR count). The van der Waals surface area contributed by atoms with Crippen LogP contribution >= 0.6 is 12.2 Å². The average Bonchev–Trinajstić information content (AvgIpc) is 2.32. The van der Waals surface area contributed by atoms with Crippen molar-refractivity contribution in [1.29, 1.82) is 0 Å². The third-order valence-corrected chi connectivity index (χ3v) is 2.79. The molecule has 0 aromatic heterocycles. The summed E-state index contributed by atoms with van der Waals surface area (Å²) in [6.07, 6.45) is 0.661. The number of methoxy groups -OCH3 is 1. The molecule has 0 saturated heterocycles. The highest BCUT2D eigenvalue weighted by molar-refractivity contribution is 7.80. The lowest BCUT2D eigenvalue weighted by Gasteiger charge is -2.21. The normalized spacial score (nSPS) is 10.8. The number of nitrogens with zero attached hydrogens (tertiary/aromatic N) is 1. The first kappa shape index (κ1) is 15.0. The summed E-state index contributed by atoms with van der Waals surface area (Å²) in [5.74, 6) is -0.214. The van der Waals surface area contributed by atoms with E-state index in [1.54, 1.807) is 19.2 Å². The maximum Gasteiger partial charge on any atom is 0.123 e. The second kappa shape index (κ2) is 8.13. The number of thiocarbonyl (C=S) groups is 1. The first-order valence-corrected chi connectivity index (χ1v) is 6.26. The van der Waals surface area contributed by atoms with Crippen molar-refractivity contribution < 1.29 is 9.13 Å². The number of hydrogen-bond acceptors (Lipinski definition) is 3. The molecule has 0 bridgehead atoms. The second-order valence-corrected chi connectivity index (χ2v) is 4.64. The Morgan fingerprint density at radius 2 is 2.22 bits per heavy atom. The van der Waals surface area contributed by atoms with Gasteiger partial charge in [0.15, 0.2) is 0 Å². The zero-order chi connectivity index (χ0) is 13.4. The third kappa shape index (κ3) is 6.05. The van der Waals surface area contributed by atoms with Gasteiger partial charge in [0.25, 0.3) is 0 Å². The van der Waals surface area contributed by atoms with Gasteiger partial charge in [0.1, 0.15) is 5.82 Å². The van der Waals surface area contributed by atoms with Crippen LogP contribution in [0.3, 0.4) is 0 Å². The minimum absolute atomic E-state index is 0.214. The van der Waals surface area contributed by atoms with E-state index in [2.05, 4.69) is 4.90 Å². The summed E-state index contributed by atoms with van der Waals surface area (Å²) in [5, 5.41) is 0. The molecule has 0 amide bonds. The van der Waals surface area contributed by atoms with Crippen LogP contribution in [0.4, 0.5) is 4.39 Å². The maximum absolute atomic E-state index is 13.1. The molecule has 0 aliphatic carbocycles. The molecule has 0 saturated carbocycles. The Kier molecular flexibility index (Phi) is 6.78. The number of nitrogens with two attached hydrogens (primary N) is 1. The van der Waals surface area contributed by atoms with Gasteiger partial charge in [-0.2, -0.15) is 0 Å². The van der Waals surface area contributed by atoms with Crippen molar-refractivity contribution in [3.8, 4) is 0 Å². The van der Waals surface area contributed by atoms with E-state index in [1.807, 2.05) is 6.07 Å². The Labute approximate surface area is 113 Å². The Morgan fingerprint density at radius 1 is 1.44 bits per heavy atom. The molecule has 0 radical (unpaired) electrons. The summed E-state index contributed by atoms with van der Waals surface area (Å²) < 4.78 is 18.2. The van der Waals surface area contributed by atoms with Crippen molar-refractivity contribution in [2.45, 2.75) is 13.0 Å². The van der Waals surface area contributed by atoms with Gasteiger partial charge in [-0.1, -0.05) is 24.4 Å². The molecular weight excluding hydrogens is 251 g/mol. The molecule has 0 heterocycles. The smallest absolute Gasteiger partial charge is 0.123 e. The first-order chi connectivity index (χ1) is 8.61. The molecule has 5 heteroatoms. The van der Waals surface area contributed by atoms with Crippen molar-refractivity contribution in [2.24, 2.45) is 5.73 Å². The van der Waals surface area contributed by atoms with E-state index in [4.69, 9.17) is 22.7 Å². The fourth-order valence-electron chi connectivity index (χ4n) is 1.65. The van der Waals surface area contributed by atoms with Gasteiger partial charge in [0.05, 0.1) is 11.6 Å². The summed E-state index contributed by atoms with van der Waals surface area (Å²) in [6.45, 7) is 2.83. The van der Waals surface area contributed by atoms with E-state index < -0.39 is 0 Å². The second-order valence-electron chi connectivity index (χ2n) is 4.12. The van der Waals surface area contributed by atoms with E-state index in [1.165, 1.54) is 6.07 Å². The van der Waals surface area contributed by atoms with Crippen LogP contribution in [0.1, 0.15) is 12.0 Å². The largest absolute Gasteiger partial charge is 0.393 e. The fraction of sp³-hybridized carbons (Fsp3) is 0.462. The van der Waals surface area contributed by atoms with E-state index in [0.29, 0.717) is 24.6 Å². The van der Waals surface area contributed by atoms with E-state index in [9.17, 15) is 4.39 Å². The highest BCUT2D eigenvalue weighted by Crippen LogP contribution is 2.07. The average molecular weight is 270 g/mol. The summed E-state index contributed by atoms with van der Waals surface area (Å²) in [4.78, 5) is 2.65. The van der Waals surface area contributed by atoms with Gasteiger partial charge in [-0.15, -0.1) is 0 Å². The van der Waals surface area contributed by atoms with Crippen molar-refractivity contribution in [2.75, 3.05) is 26.8 Å². The van der Waals surface area contributed by atoms with Crippen molar-refractivity contribution in [1.82, 2.24) is 4.90 Å². The quantitative estimate of drug-likeness (QED) is 0.733. The van der Waals surface area contributed by atoms with Gasteiger partial charge >= 0.3 is 0 Å². The molecule has 18 heavy (non-hydrogen) atoms. The van der Waals surface area contributed by atoms with Gasteiger partial charge in [-0.3, -0.25) is 4.90 Å². The van der Waals surface area contributed by atoms with Crippen molar-refractivity contribution in [3.05, 3.63) is 35.6 Å². The van der Waals surface area contributed by atoms with Gasteiger partial charge in [-0.05, 0) is 17.7 Å². The van der Waals surface area contributed by atoms with E-state index in [0.717, 1.165) is 18.7 Å². The molecule has 0 unspecified atom stereocenters. The number of halogens is 1. The first-order valence-electron chi connectivity index (χ1n) is 5.86. The lowest BCUT2D eigenvalue weighted by Crippen LogP contribution is -2.30. The Balaban J connectivity index is 2.56. The molecule has 0 aliphatic heterocycles. The topological polar surface area (TPSA) is 38.5 Å². The molecule has 0 atom stereocenters. The molecule has 3 nitrogen and oxygen atoms in total. The predicted molar refractivity (Wildman–Crippen MR) is 75.0 cm³/mol. The minimum atomic E-state index is -0.214. The Hall–Kier alpha value is -1.04. The highest BCUT2D eigenvalue weighted by Gasteiger charge is 2.07. The van der Waals surface area contributed by atoms with Crippen molar-refractivity contribution >= 4 is 17.2 Å². The summed E-state index contributed by atoms with van der Waals surface area (Å²) in [7, 11) is 1.66. The molecule has 0 spiro atoms. The van der Waals surface area contributed by atoms with Crippen LogP contribution in [-0.2, 0) is 11.3 Å². The highest BCUT2D eigenvalue weighted by atomic mass is 32.1. The maximum atomic E-state index is 13.1. The Morgan fingerprint density at radius 3 is 2.83 bits per heavy atom. The van der Waals surface area contributed by atoms with Crippen LogP contribution in [0.2, 0.25) is 0 Å².